The van der Waals surface area contributed by atoms with Crippen LogP contribution in [0.3, 0.4) is 0 Å². The van der Waals surface area contributed by atoms with Crippen LogP contribution in [0.4, 0.5) is 0 Å². The van der Waals surface area contributed by atoms with Crippen molar-refractivity contribution in [3.63, 3.8) is 0 Å². The summed E-state index contributed by atoms with van der Waals surface area (Å²) >= 11 is 0. The molecule has 4 nitrogen and oxygen atoms in total. The van der Waals surface area contributed by atoms with Crippen molar-refractivity contribution in [2.24, 2.45) is 11.8 Å². The maximum Gasteiger partial charge on any atom is 0.231 e. The molecule has 2 unspecified atom stereocenters. The Bertz CT molecular complexity index is 347. The fraction of sp³-hybridized carbons (Fsp3) is 0.857. The Morgan fingerprint density at radius 1 is 1.17 bits per heavy atom. The summed E-state index contributed by atoms with van der Waals surface area (Å²) < 4.78 is 5.46. The highest BCUT2D eigenvalue weighted by molar-refractivity contribution is 5.00. The molecule has 4 heteroatoms. The minimum absolute atomic E-state index is 0.276. The van der Waals surface area contributed by atoms with E-state index in [-0.39, 0.29) is 5.92 Å². The molecule has 0 bridgehead atoms. The summed E-state index contributed by atoms with van der Waals surface area (Å²) in [6.07, 6.45) is 0.879. The van der Waals surface area contributed by atoms with Crippen molar-refractivity contribution in [1.82, 2.24) is 15.5 Å². The van der Waals surface area contributed by atoms with E-state index in [1.165, 1.54) is 0 Å². The van der Waals surface area contributed by atoms with Gasteiger partial charge < -0.3 is 9.84 Å². The summed E-state index contributed by atoms with van der Waals surface area (Å²) in [5.41, 5.74) is 0. The van der Waals surface area contributed by atoms with Crippen molar-refractivity contribution in [2.45, 2.75) is 59.9 Å². The van der Waals surface area contributed by atoms with Crippen molar-refractivity contribution < 1.29 is 4.52 Å². The highest BCUT2D eigenvalue weighted by atomic mass is 16.5. The first kappa shape index (κ1) is 15.2. The van der Waals surface area contributed by atoms with E-state index in [4.69, 9.17) is 4.52 Å². The average molecular weight is 253 g/mol. The van der Waals surface area contributed by atoms with E-state index in [1.807, 2.05) is 0 Å². The molecule has 0 saturated heterocycles. The zero-order valence-corrected chi connectivity index (χ0v) is 12.5. The van der Waals surface area contributed by atoms with Crippen LogP contribution in [0.5, 0.6) is 0 Å². The summed E-state index contributed by atoms with van der Waals surface area (Å²) in [5.74, 6) is 2.91. The molecule has 0 spiro atoms. The highest BCUT2D eigenvalue weighted by Gasteiger charge is 2.27. The van der Waals surface area contributed by atoms with Gasteiger partial charge in [0, 0.05) is 12.5 Å². The minimum atomic E-state index is 0.276. The SMILES string of the molecule is CCNC(C)C(c1nc(CC(C)C)no1)C(C)C. The number of nitrogens with zero attached hydrogens (tertiary/aromatic N) is 2. The third kappa shape index (κ3) is 4.09. The molecule has 0 aromatic carbocycles. The third-order valence-electron chi connectivity index (χ3n) is 3.14. The van der Waals surface area contributed by atoms with Gasteiger partial charge in [-0.05, 0) is 25.3 Å². The quantitative estimate of drug-likeness (QED) is 0.811. The van der Waals surface area contributed by atoms with Crippen molar-refractivity contribution >= 4 is 0 Å². The van der Waals surface area contributed by atoms with E-state index in [9.17, 15) is 0 Å². The van der Waals surface area contributed by atoms with Gasteiger partial charge in [0.2, 0.25) is 5.89 Å². The number of likely N-dealkylation sites (N-methyl/N-ethyl adjacent to an activating group) is 1. The van der Waals surface area contributed by atoms with E-state index in [0.29, 0.717) is 17.9 Å². The smallest absolute Gasteiger partial charge is 0.231 e. The number of aromatic nitrogens is 2. The second kappa shape index (κ2) is 6.88. The molecule has 0 saturated carbocycles. The van der Waals surface area contributed by atoms with Crippen LogP contribution in [0.15, 0.2) is 4.52 Å². The number of hydrogen-bond donors (Lipinski definition) is 1. The maximum absolute atomic E-state index is 5.46. The Morgan fingerprint density at radius 2 is 1.83 bits per heavy atom. The molecule has 0 radical (unpaired) electrons. The number of hydrogen-bond acceptors (Lipinski definition) is 4. The monoisotopic (exact) mass is 253 g/mol. The van der Waals surface area contributed by atoms with Crippen molar-refractivity contribution in [3.8, 4) is 0 Å². The maximum atomic E-state index is 5.46. The predicted molar refractivity (Wildman–Crippen MR) is 73.6 cm³/mol. The number of nitrogens with one attached hydrogen (secondary N) is 1. The van der Waals surface area contributed by atoms with E-state index in [0.717, 1.165) is 24.7 Å². The normalized spacial score (nSPS) is 15.3. The van der Waals surface area contributed by atoms with Gasteiger partial charge in [0.15, 0.2) is 5.82 Å². The molecule has 1 aromatic rings. The summed E-state index contributed by atoms with van der Waals surface area (Å²) in [6.45, 7) is 14.0. The molecule has 0 aliphatic heterocycles. The fourth-order valence-electron chi connectivity index (χ4n) is 2.38. The largest absolute Gasteiger partial charge is 0.339 e. The Balaban J connectivity index is 2.82. The molecule has 0 aliphatic carbocycles. The molecule has 1 rings (SSSR count). The van der Waals surface area contributed by atoms with Crippen molar-refractivity contribution in [1.29, 1.82) is 0 Å². The summed E-state index contributed by atoms with van der Waals surface area (Å²) in [5, 5.41) is 7.54. The van der Waals surface area contributed by atoms with E-state index in [2.05, 4.69) is 57.0 Å². The van der Waals surface area contributed by atoms with Crippen LogP contribution in [0, 0.1) is 11.8 Å². The van der Waals surface area contributed by atoms with Gasteiger partial charge in [-0.1, -0.05) is 39.8 Å². The van der Waals surface area contributed by atoms with Gasteiger partial charge in [0.1, 0.15) is 0 Å². The van der Waals surface area contributed by atoms with Crippen LogP contribution in [0.25, 0.3) is 0 Å². The molecule has 0 aliphatic rings. The van der Waals surface area contributed by atoms with Gasteiger partial charge in [-0.2, -0.15) is 4.98 Å². The second-order valence-corrected chi connectivity index (χ2v) is 5.76. The van der Waals surface area contributed by atoms with Crippen molar-refractivity contribution in [2.75, 3.05) is 6.54 Å². The molecule has 0 amide bonds. The highest BCUT2D eigenvalue weighted by Crippen LogP contribution is 2.26. The van der Waals surface area contributed by atoms with Gasteiger partial charge in [-0.3, -0.25) is 0 Å². The van der Waals surface area contributed by atoms with E-state index in [1.54, 1.807) is 0 Å². The Labute approximate surface area is 111 Å². The molecule has 2 atom stereocenters. The van der Waals surface area contributed by atoms with E-state index >= 15 is 0 Å². The lowest BCUT2D eigenvalue weighted by atomic mass is 9.89. The molecular formula is C14H27N3O. The lowest BCUT2D eigenvalue weighted by Gasteiger charge is -2.24. The first-order valence-electron chi connectivity index (χ1n) is 7.01. The predicted octanol–water partition coefficient (Wildman–Crippen LogP) is 3.01. The molecule has 104 valence electrons. The van der Waals surface area contributed by atoms with Gasteiger partial charge in [0.05, 0.1) is 5.92 Å². The van der Waals surface area contributed by atoms with Crippen LogP contribution >= 0.6 is 0 Å². The second-order valence-electron chi connectivity index (χ2n) is 5.76. The Morgan fingerprint density at radius 3 is 2.33 bits per heavy atom. The molecule has 1 heterocycles. The van der Waals surface area contributed by atoms with Gasteiger partial charge >= 0.3 is 0 Å². The van der Waals surface area contributed by atoms with E-state index < -0.39 is 0 Å². The number of rotatable bonds is 7. The lowest BCUT2D eigenvalue weighted by Crippen LogP contribution is -2.34. The third-order valence-corrected chi connectivity index (χ3v) is 3.14. The first-order valence-corrected chi connectivity index (χ1v) is 7.01. The van der Waals surface area contributed by atoms with Crippen molar-refractivity contribution in [3.05, 3.63) is 11.7 Å². The van der Waals surface area contributed by atoms with Crippen LogP contribution in [-0.2, 0) is 6.42 Å². The van der Waals surface area contributed by atoms with Crippen LogP contribution in [-0.4, -0.2) is 22.7 Å². The Kier molecular flexibility index (Phi) is 5.79. The topological polar surface area (TPSA) is 51.0 Å². The molecule has 18 heavy (non-hydrogen) atoms. The summed E-state index contributed by atoms with van der Waals surface area (Å²) in [6, 6.07) is 0.349. The molecule has 1 N–H and O–H groups in total. The lowest BCUT2D eigenvalue weighted by molar-refractivity contribution is 0.280. The van der Waals surface area contributed by atoms with Crippen LogP contribution in [0.2, 0.25) is 0 Å². The fourth-order valence-corrected chi connectivity index (χ4v) is 2.38. The summed E-state index contributed by atoms with van der Waals surface area (Å²) in [4.78, 5) is 4.56. The Hall–Kier alpha value is -0.900. The van der Waals surface area contributed by atoms with Gasteiger partial charge in [-0.25, -0.2) is 0 Å². The zero-order chi connectivity index (χ0) is 13.7. The molecule has 0 fully saturated rings. The standard InChI is InChI=1S/C14H27N3O/c1-7-15-11(6)13(10(4)5)14-16-12(17-18-14)8-9(2)3/h9-11,13,15H,7-8H2,1-6H3. The van der Waals surface area contributed by atoms with Crippen LogP contribution < -0.4 is 5.32 Å². The zero-order valence-electron chi connectivity index (χ0n) is 12.5. The summed E-state index contributed by atoms with van der Waals surface area (Å²) in [7, 11) is 0. The van der Waals surface area contributed by atoms with Gasteiger partial charge in [-0.15, -0.1) is 0 Å². The van der Waals surface area contributed by atoms with Crippen LogP contribution in [0.1, 0.15) is 59.2 Å². The molecular weight excluding hydrogens is 226 g/mol. The molecule has 1 aromatic heterocycles. The average Bonchev–Trinajstić information content (AvgIpc) is 2.65. The van der Waals surface area contributed by atoms with Gasteiger partial charge in [0.25, 0.3) is 0 Å². The minimum Gasteiger partial charge on any atom is -0.339 e. The first-order chi connectivity index (χ1) is 8.45.